The average molecular weight is 447 g/mol. The Morgan fingerprint density at radius 2 is 2.09 bits per heavy atom. The van der Waals surface area contributed by atoms with Gasteiger partial charge in [-0.1, -0.05) is 12.1 Å². The van der Waals surface area contributed by atoms with Crippen LogP contribution in [0.25, 0.3) is 10.9 Å². The van der Waals surface area contributed by atoms with E-state index in [1.807, 2.05) is 36.1 Å². The zero-order valence-corrected chi connectivity index (χ0v) is 19.5. The summed E-state index contributed by atoms with van der Waals surface area (Å²) in [5, 5.41) is 8.12. The topological polar surface area (TPSA) is 49.3 Å². The molecular weight excluding hydrogens is 415 g/mol. The number of benzene rings is 2. The molecule has 1 amide bonds. The Hall–Kier alpha value is -3.12. The van der Waals surface area contributed by atoms with Crippen molar-refractivity contribution in [3.8, 4) is 0 Å². The average Bonchev–Trinajstić information content (AvgIpc) is 3.49. The highest BCUT2D eigenvalue weighted by Crippen LogP contribution is 2.35. The van der Waals surface area contributed by atoms with Gasteiger partial charge in [-0.2, -0.15) is 0 Å². The Bertz CT molecular complexity index is 1260. The van der Waals surface area contributed by atoms with Gasteiger partial charge in [0.05, 0.1) is 11.2 Å². The number of hydrogen-bond donors (Lipinski definition) is 2. The molecule has 1 aromatic heterocycles. The molecule has 3 aromatic rings. The van der Waals surface area contributed by atoms with Gasteiger partial charge in [0, 0.05) is 54.9 Å². The smallest absolute Gasteiger partial charge is 0.254 e. The number of aryl methyl sites for hydroxylation is 2. The molecule has 5 nitrogen and oxygen atoms in total. The Morgan fingerprint density at radius 1 is 1.27 bits per heavy atom. The highest BCUT2D eigenvalue weighted by Gasteiger charge is 2.40. The molecule has 6 heteroatoms. The standard InChI is InChI=1S/C27H31FN4O/c1-5-8-31-18(4)17(3)24-10-20(27(33)32-15-22-12-23(32)14-29-22)11-25(26(24)31)30-13-19-6-7-21(28)9-16(19)2/h5-7,9-11,22-23,29-30H,1,8,12-15H2,2-4H3. The lowest BCUT2D eigenvalue weighted by molar-refractivity contribution is 0.0716. The lowest BCUT2D eigenvalue weighted by Gasteiger charge is -2.28. The molecule has 33 heavy (non-hydrogen) atoms. The van der Waals surface area contributed by atoms with Crippen molar-refractivity contribution in [1.82, 2.24) is 14.8 Å². The molecule has 2 aliphatic rings. The number of nitrogens with one attached hydrogen (secondary N) is 2. The van der Waals surface area contributed by atoms with E-state index in [0.717, 1.165) is 47.2 Å². The van der Waals surface area contributed by atoms with Gasteiger partial charge < -0.3 is 20.1 Å². The summed E-state index contributed by atoms with van der Waals surface area (Å²) in [5.41, 5.74) is 6.98. The maximum atomic E-state index is 13.6. The summed E-state index contributed by atoms with van der Waals surface area (Å²) in [4.78, 5) is 15.6. The van der Waals surface area contributed by atoms with Crippen molar-refractivity contribution in [2.24, 2.45) is 0 Å². The molecule has 2 saturated heterocycles. The van der Waals surface area contributed by atoms with Crippen LogP contribution in [0.3, 0.4) is 0 Å². The Labute approximate surface area is 194 Å². The lowest BCUT2D eigenvalue weighted by atomic mass is 10.0. The van der Waals surface area contributed by atoms with Crippen LogP contribution in [0.15, 0.2) is 43.0 Å². The molecule has 0 spiro atoms. The van der Waals surface area contributed by atoms with Gasteiger partial charge in [0.15, 0.2) is 0 Å². The summed E-state index contributed by atoms with van der Waals surface area (Å²) in [7, 11) is 0. The predicted molar refractivity (Wildman–Crippen MR) is 131 cm³/mol. The first-order valence-corrected chi connectivity index (χ1v) is 11.6. The molecule has 2 N–H and O–H groups in total. The van der Waals surface area contributed by atoms with Crippen LogP contribution in [0.2, 0.25) is 0 Å². The molecule has 0 saturated carbocycles. The van der Waals surface area contributed by atoms with Gasteiger partial charge in [0.2, 0.25) is 0 Å². The van der Waals surface area contributed by atoms with E-state index in [-0.39, 0.29) is 17.8 Å². The van der Waals surface area contributed by atoms with Crippen LogP contribution in [-0.4, -0.2) is 40.5 Å². The highest BCUT2D eigenvalue weighted by atomic mass is 19.1. The van der Waals surface area contributed by atoms with E-state index in [9.17, 15) is 9.18 Å². The molecule has 172 valence electrons. The first-order chi connectivity index (χ1) is 15.9. The van der Waals surface area contributed by atoms with Crippen LogP contribution >= 0.6 is 0 Å². The third-order valence-electron chi connectivity index (χ3n) is 7.38. The second-order valence-corrected chi connectivity index (χ2v) is 9.41. The number of nitrogens with zero attached hydrogens (tertiary/aromatic N) is 2. The fourth-order valence-corrected chi connectivity index (χ4v) is 5.42. The molecule has 5 rings (SSSR count). The van der Waals surface area contributed by atoms with Crippen LogP contribution in [0.4, 0.5) is 10.1 Å². The Morgan fingerprint density at radius 3 is 2.76 bits per heavy atom. The largest absolute Gasteiger partial charge is 0.379 e. The minimum absolute atomic E-state index is 0.0976. The molecule has 0 radical (unpaired) electrons. The third kappa shape index (κ3) is 3.72. The van der Waals surface area contributed by atoms with Crippen molar-refractivity contribution in [1.29, 1.82) is 0 Å². The van der Waals surface area contributed by atoms with Crippen LogP contribution < -0.4 is 10.6 Å². The number of hydrogen-bond acceptors (Lipinski definition) is 3. The molecule has 2 atom stereocenters. The van der Waals surface area contributed by atoms with Crippen molar-refractivity contribution in [2.75, 3.05) is 18.4 Å². The van der Waals surface area contributed by atoms with Gasteiger partial charge in [0.1, 0.15) is 5.82 Å². The number of amides is 1. The fraction of sp³-hybridized carbons (Fsp3) is 0.370. The fourth-order valence-electron chi connectivity index (χ4n) is 5.42. The van der Waals surface area contributed by atoms with Crippen molar-refractivity contribution >= 4 is 22.5 Å². The summed E-state index contributed by atoms with van der Waals surface area (Å²) in [6.45, 7) is 13.0. The van der Waals surface area contributed by atoms with Crippen molar-refractivity contribution in [3.63, 3.8) is 0 Å². The Kier molecular flexibility index (Phi) is 5.49. The quantitative estimate of drug-likeness (QED) is 0.540. The molecule has 2 aromatic carbocycles. The number of carbonyl (C=O) groups excluding carboxylic acids is 1. The zero-order chi connectivity index (χ0) is 23.3. The SMILES string of the molecule is C=CCn1c(C)c(C)c2cc(C(=O)N3CC4CC3CN4)cc(NCc3ccc(F)cc3C)c21. The summed E-state index contributed by atoms with van der Waals surface area (Å²) < 4.78 is 15.8. The monoisotopic (exact) mass is 446 g/mol. The van der Waals surface area contributed by atoms with Gasteiger partial charge in [-0.25, -0.2) is 4.39 Å². The van der Waals surface area contributed by atoms with Crippen LogP contribution in [0, 0.1) is 26.6 Å². The number of anilines is 1. The number of piperazine rings is 1. The summed E-state index contributed by atoms with van der Waals surface area (Å²) in [5.74, 6) is -0.132. The maximum Gasteiger partial charge on any atom is 0.254 e. The first-order valence-electron chi connectivity index (χ1n) is 11.6. The van der Waals surface area contributed by atoms with E-state index in [4.69, 9.17) is 0 Å². The number of allylic oxidation sites excluding steroid dienone is 1. The van der Waals surface area contributed by atoms with Gasteiger partial charge in [-0.15, -0.1) is 6.58 Å². The number of halogens is 1. The minimum Gasteiger partial charge on any atom is -0.379 e. The lowest BCUT2D eigenvalue weighted by Crippen LogP contribution is -2.46. The van der Waals surface area contributed by atoms with Crippen molar-refractivity contribution in [2.45, 2.75) is 52.4 Å². The van der Waals surface area contributed by atoms with Crippen LogP contribution in [0.1, 0.15) is 39.2 Å². The van der Waals surface area contributed by atoms with Gasteiger partial charge in [-0.3, -0.25) is 4.79 Å². The minimum atomic E-state index is -0.230. The molecule has 2 aliphatic heterocycles. The normalized spacial score (nSPS) is 19.5. The number of carbonyl (C=O) groups is 1. The Balaban J connectivity index is 1.57. The van der Waals surface area contributed by atoms with Gasteiger partial charge in [-0.05, 0) is 68.1 Å². The van der Waals surface area contributed by atoms with Crippen LogP contribution in [-0.2, 0) is 13.1 Å². The molecular formula is C27H31FN4O. The molecule has 2 unspecified atom stereocenters. The molecule has 2 bridgehead atoms. The number of aromatic nitrogens is 1. The molecule has 3 heterocycles. The van der Waals surface area contributed by atoms with E-state index in [2.05, 4.69) is 35.6 Å². The number of fused-ring (bicyclic) bond motifs is 3. The van der Waals surface area contributed by atoms with Crippen molar-refractivity contribution < 1.29 is 9.18 Å². The predicted octanol–water partition coefficient (Wildman–Crippen LogP) is 4.69. The second kappa shape index (κ2) is 8.34. The third-order valence-corrected chi connectivity index (χ3v) is 7.38. The van der Waals surface area contributed by atoms with Crippen molar-refractivity contribution in [3.05, 3.63) is 76.8 Å². The molecule has 2 fully saturated rings. The van der Waals surface area contributed by atoms with E-state index in [0.29, 0.717) is 24.7 Å². The summed E-state index contributed by atoms with van der Waals surface area (Å²) in [6.07, 6.45) is 2.93. The number of rotatable bonds is 6. The molecule has 0 aliphatic carbocycles. The van der Waals surface area contributed by atoms with E-state index in [1.165, 1.54) is 17.3 Å². The summed E-state index contributed by atoms with van der Waals surface area (Å²) >= 11 is 0. The van der Waals surface area contributed by atoms with Gasteiger partial charge >= 0.3 is 0 Å². The number of likely N-dealkylation sites (tertiary alicyclic amines) is 1. The maximum absolute atomic E-state index is 13.6. The van der Waals surface area contributed by atoms with Gasteiger partial charge in [0.25, 0.3) is 5.91 Å². The summed E-state index contributed by atoms with van der Waals surface area (Å²) in [6, 6.07) is 9.60. The van der Waals surface area contributed by atoms with E-state index in [1.54, 1.807) is 6.07 Å². The first kappa shape index (κ1) is 21.7. The van der Waals surface area contributed by atoms with E-state index < -0.39 is 0 Å². The highest BCUT2D eigenvalue weighted by molar-refractivity contribution is 6.04. The van der Waals surface area contributed by atoms with E-state index >= 15 is 0 Å². The zero-order valence-electron chi connectivity index (χ0n) is 19.5. The van der Waals surface area contributed by atoms with Crippen LogP contribution in [0.5, 0.6) is 0 Å². The second-order valence-electron chi connectivity index (χ2n) is 9.41.